The van der Waals surface area contributed by atoms with Crippen LogP contribution in [0.2, 0.25) is 0 Å². The smallest absolute Gasteiger partial charge is 0.306 e. The molecule has 0 saturated heterocycles. The lowest BCUT2D eigenvalue weighted by molar-refractivity contribution is -0.146. The van der Waals surface area contributed by atoms with Crippen LogP contribution in [0.15, 0.2) is 42.0 Å². The van der Waals surface area contributed by atoms with Crippen LogP contribution < -0.4 is 0 Å². The number of allylic oxidation sites excluding steroid dienone is 2. The van der Waals surface area contributed by atoms with Gasteiger partial charge < -0.3 is 14.1 Å². The SMILES string of the molecule is C/C=C(/C=O)[C@@H](CC=O)CC(=O)OCc1cc2ccccc2n1C. The summed E-state index contributed by atoms with van der Waals surface area (Å²) in [5.74, 6) is -0.849. The molecule has 5 nitrogen and oxygen atoms in total. The van der Waals surface area contributed by atoms with Gasteiger partial charge in [0.15, 0.2) is 0 Å². The van der Waals surface area contributed by atoms with Gasteiger partial charge in [0.05, 0.1) is 12.1 Å². The number of carbonyl (C=O) groups excluding carboxylic acids is 3. The summed E-state index contributed by atoms with van der Waals surface area (Å²) in [5.41, 5.74) is 2.40. The Labute approximate surface area is 140 Å². The molecule has 5 heteroatoms. The molecule has 0 N–H and O–H groups in total. The monoisotopic (exact) mass is 327 g/mol. The van der Waals surface area contributed by atoms with E-state index in [-0.39, 0.29) is 19.4 Å². The zero-order valence-electron chi connectivity index (χ0n) is 13.9. The third-order valence-corrected chi connectivity index (χ3v) is 4.17. The highest BCUT2D eigenvalue weighted by Gasteiger charge is 2.19. The van der Waals surface area contributed by atoms with E-state index in [1.54, 1.807) is 13.0 Å². The lowest BCUT2D eigenvalue weighted by Gasteiger charge is -2.13. The second kappa shape index (κ2) is 8.24. The topological polar surface area (TPSA) is 65.4 Å². The number of aromatic nitrogens is 1. The largest absolute Gasteiger partial charge is 0.459 e. The van der Waals surface area contributed by atoms with Gasteiger partial charge in [-0.1, -0.05) is 24.3 Å². The molecule has 1 atom stereocenters. The first-order chi connectivity index (χ1) is 11.6. The van der Waals surface area contributed by atoms with Crippen molar-refractivity contribution in [1.82, 2.24) is 4.57 Å². The Morgan fingerprint density at radius 3 is 2.67 bits per heavy atom. The second-order valence-corrected chi connectivity index (χ2v) is 5.62. The minimum atomic E-state index is -0.426. The van der Waals surface area contributed by atoms with E-state index in [9.17, 15) is 14.4 Å². The van der Waals surface area contributed by atoms with Crippen LogP contribution in [-0.4, -0.2) is 23.1 Å². The van der Waals surface area contributed by atoms with Crippen LogP contribution in [0.4, 0.5) is 0 Å². The molecule has 0 bridgehead atoms. The quantitative estimate of drug-likeness (QED) is 0.425. The van der Waals surface area contributed by atoms with E-state index in [0.29, 0.717) is 11.9 Å². The summed E-state index contributed by atoms with van der Waals surface area (Å²) < 4.78 is 7.32. The molecule has 0 fully saturated rings. The van der Waals surface area contributed by atoms with E-state index in [2.05, 4.69) is 0 Å². The van der Waals surface area contributed by atoms with Crippen LogP contribution in [0.25, 0.3) is 10.9 Å². The number of ether oxygens (including phenoxy) is 1. The minimum absolute atomic E-state index is 0.0150. The maximum Gasteiger partial charge on any atom is 0.306 e. The van der Waals surface area contributed by atoms with Gasteiger partial charge in [0.1, 0.15) is 19.2 Å². The Hall–Kier alpha value is -2.69. The fraction of sp³-hybridized carbons (Fsp3) is 0.316. The van der Waals surface area contributed by atoms with Crippen LogP contribution in [0.5, 0.6) is 0 Å². The Bertz CT molecular complexity index is 773. The first-order valence-corrected chi connectivity index (χ1v) is 7.84. The Balaban J connectivity index is 2.02. The lowest BCUT2D eigenvalue weighted by Crippen LogP contribution is -2.15. The highest BCUT2D eigenvalue weighted by atomic mass is 16.5. The van der Waals surface area contributed by atoms with Gasteiger partial charge in [0.2, 0.25) is 0 Å². The maximum absolute atomic E-state index is 12.1. The molecule has 126 valence electrons. The fourth-order valence-electron chi connectivity index (χ4n) is 2.75. The normalized spacial score (nSPS) is 12.8. The molecule has 0 unspecified atom stereocenters. The molecule has 0 radical (unpaired) electrons. The zero-order valence-corrected chi connectivity index (χ0v) is 13.9. The number of aldehydes is 2. The molecule has 2 rings (SSSR count). The number of para-hydroxylation sites is 1. The van der Waals surface area contributed by atoms with Crippen molar-refractivity contribution in [3.8, 4) is 0 Å². The molecule has 0 saturated carbocycles. The van der Waals surface area contributed by atoms with Crippen LogP contribution >= 0.6 is 0 Å². The van der Waals surface area contributed by atoms with Crippen molar-refractivity contribution in [2.75, 3.05) is 0 Å². The number of rotatable bonds is 8. The van der Waals surface area contributed by atoms with Crippen LogP contribution in [0.1, 0.15) is 25.5 Å². The first-order valence-electron chi connectivity index (χ1n) is 7.84. The molecule has 0 amide bonds. The summed E-state index contributed by atoms with van der Waals surface area (Å²) >= 11 is 0. The molecule has 0 aliphatic rings. The average molecular weight is 327 g/mol. The highest BCUT2D eigenvalue weighted by molar-refractivity contribution is 5.81. The molecule has 24 heavy (non-hydrogen) atoms. The van der Waals surface area contributed by atoms with Crippen molar-refractivity contribution in [3.63, 3.8) is 0 Å². The third kappa shape index (κ3) is 3.98. The summed E-state index contributed by atoms with van der Waals surface area (Å²) in [6.07, 6.45) is 3.17. The summed E-state index contributed by atoms with van der Waals surface area (Å²) in [6.45, 7) is 1.87. The third-order valence-electron chi connectivity index (χ3n) is 4.17. The summed E-state index contributed by atoms with van der Waals surface area (Å²) in [4.78, 5) is 33.8. The number of esters is 1. The molecule has 0 aliphatic carbocycles. The van der Waals surface area contributed by atoms with Gasteiger partial charge >= 0.3 is 5.97 Å². The average Bonchev–Trinajstić information content (AvgIpc) is 2.91. The predicted molar refractivity (Wildman–Crippen MR) is 91.3 cm³/mol. The summed E-state index contributed by atoms with van der Waals surface area (Å²) in [6, 6.07) is 9.90. The number of fused-ring (bicyclic) bond motifs is 1. The molecule has 1 aromatic heterocycles. The van der Waals surface area contributed by atoms with Crippen molar-refractivity contribution in [3.05, 3.63) is 47.7 Å². The van der Waals surface area contributed by atoms with Gasteiger partial charge in [-0.15, -0.1) is 0 Å². The molecular formula is C19H21NO4. The first kappa shape index (κ1) is 17.7. The van der Waals surface area contributed by atoms with Gasteiger partial charge in [-0.05, 0) is 30.0 Å². The Kier molecular flexibility index (Phi) is 6.07. The van der Waals surface area contributed by atoms with Crippen LogP contribution in [-0.2, 0) is 32.8 Å². The molecule has 2 aromatic rings. The molecular weight excluding hydrogens is 306 g/mol. The predicted octanol–water partition coefficient (Wildman–Crippen LogP) is 2.96. The van der Waals surface area contributed by atoms with E-state index in [0.717, 1.165) is 22.9 Å². The van der Waals surface area contributed by atoms with Crippen LogP contribution in [0.3, 0.4) is 0 Å². The molecule has 0 spiro atoms. The Morgan fingerprint density at radius 2 is 2.04 bits per heavy atom. The van der Waals surface area contributed by atoms with Crippen molar-refractivity contribution >= 4 is 29.4 Å². The highest BCUT2D eigenvalue weighted by Crippen LogP contribution is 2.21. The van der Waals surface area contributed by atoms with Gasteiger partial charge in [0, 0.05) is 24.9 Å². The standard InChI is InChI=1S/C19H21NO4/c1-3-14(12-22)15(8-9-21)11-19(23)24-13-17-10-16-6-4-5-7-18(16)20(17)2/h3-7,9-10,12,15H,8,11,13H2,1-2H3/b14-3-/t15-/m0/s1. The maximum atomic E-state index is 12.1. The number of nitrogens with zero attached hydrogens (tertiary/aromatic N) is 1. The van der Waals surface area contributed by atoms with Crippen LogP contribution in [0, 0.1) is 5.92 Å². The van der Waals surface area contributed by atoms with E-state index >= 15 is 0 Å². The number of hydrogen-bond acceptors (Lipinski definition) is 4. The van der Waals surface area contributed by atoms with Crippen molar-refractivity contribution in [2.24, 2.45) is 13.0 Å². The lowest BCUT2D eigenvalue weighted by atomic mass is 9.93. The van der Waals surface area contributed by atoms with E-state index in [1.165, 1.54) is 0 Å². The molecule has 0 aliphatic heterocycles. The van der Waals surface area contributed by atoms with Crippen molar-refractivity contribution < 1.29 is 19.1 Å². The second-order valence-electron chi connectivity index (χ2n) is 5.62. The van der Waals surface area contributed by atoms with Gasteiger partial charge in [-0.25, -0.2) is 0 Å². The number of hydrogen-bond donors (Lipinski definition) is 0. The minimum Gasteiger partial charge on any atom is -0.459 e. The van der Waals surface area contributed by atoms with Gasteiger partial charge in [-0.3, -0.25) is 9.59 Å². The fourth-order valence-corrected chi connectivity index (χ4v) is 2.75. The van der Waals surface area contributed by atoms with Gasteiger partial charge in [-0.2, -0.15) is 0 Å². The van der Waals surface area contributed by atoms with Gasteiger partial charge in [0.25, 0.3) is 0 Å². The zero-order chi connectivity index (χ0) is 17.5. The van der Waals surface area contributed by atoms with E-state index < -0.39 is 11.9 Å². The Morgan fingerprint density at radius 1 is 1.29 bits per heavy atom. The molecule has 1 heterocycles. The number of benzene rings is 1. The molecule has 1 aromatic carbocycles. The van der Waals surface area contributed by atoms with Crippen molar-refractivity contribution in [2.45, 2.75) is 26.4 Å². The summed E-state index contributed by atoms with van der Waals surface area (Å²) in [5, 5.41) is 1.09. The van der Waals surface area contributed by atoms with Crippen molar-refractivity contribution in [1.29, 1.82) is 0 Å². The number of carbonyl (C=O) groups is 3. The van der Waals surface area contributed by atoms with E-state index in [1.807, 2.05) is 41.9 Å². The van der Waals surface area contributed by atoms with E-state index in [4.69, 9.17) is 4.74 Å². The summed E-state index contributed by atoms with van der Waals surface area (Å²) in [7, 11) is 1.92. The number of aryl methyl sites for hydroxylation is 1.